The van der Waals surface area contributed by atoms with Crippen molar-refractivity contribution < 1.29 is 9.15 Å². The SMILES string of the molecule is CCCc1ccc(CCOCCCCCCBr)o1. The van der Waals surface area contributed by atoms with Crippen LogP contribution in [0.1, 0.15) is 50.5 Å². The molecule has 3 heteroatoms. The number of rotatable bonds is 11. The molecule has 0 saturated heterocycles. The molecule has 0 radical (unpaired) electrons. The summed E-state index contributed by atoms with van der Waals surface area (Å²) in [7, 11) is 0. The number of aryl methyl sites for hydroxylation is 1. The summed E-state index contributed by atoms with van der Waals surface area (Å²) >= 11 is 3.44. The van der Waals surface area contributed by atoms with Crippen LogP contribution in [0.15, 0.2) is 16.5 Å². The highest BCUT2D eigenvalue weighted by atomic mass is 79.9. The van der Waals surface area contributed by atoms with E-state index in [9.17, 15) is 0 Å². The molecule has 0 N–H and O–H groups in total. The molecule has 0 amide bonds. The highest BCUT2D eigenvalue weighted by molar-refractivity contribution is 9.09. The number of alkyl halides is 1. The maximum atomic E-state index is 5.70. The van der Waals surface area contributed by atoms with Gasteiger partial charge >= 0.3 is 0 Å². The molecule has 0 aliphatic heterocycles. The molecule has 0 unspecified atom stereocenters. The Balaban J connectivity index is 1.96. The molecule has 0 aromatic carbocycles. The Kier molecular flexibility index (Phi) is 9.31. The predicted molar refractivity (Wildman–Crippen MR) is 79.5 cm³/mol. The molecule has 104 valence electrons. The topological polar surface area (TPSA) is 22.4 Å². The second-order valence-corrected chi connectivity index (χ2v) is 5.38. The number of unbranched alkanes of at least 4 members (excludes halogenated alkanes) is 3. The standard InChI is InChI=1S/C15H25BrO2/c1-2-7-14-8-9-15(18-14)10-13-17-12-6-4-3-5-11-16/h8-9H,2-7,10-13H2,1H3. The number of halogens is 1. The van der Waals surface area contributed by atoms with Crippen LogP contribution in [0.3, 0.4) is 0 Å². The second kappa shape index (κ2) is 10.6. The van der Waals surface area contributed by atoms with Crippen LogP contribution in [0.5, 0.6) is 0 Å². The molecule has 1 aromatic heterocycles. The molecular weight excluding hydrogens is 292 g/mol. The van der Waals surface area contributed by atoms with Gasteiger partial charge in [-0.2, -0.15) is 0 Å². The van der Waals surface area contributed by atoms with Gasteiger partial charge in [-0.25, -0.2) is 0 Å². The van der Waals surface area contributed by atoms with E-state index < -0.39 is 0 Å². The van der Waals surface area contributed by atoms with Crippen molar-refractivity contribution in [2.45, 2.75) is 51.9 Å². The van der Waals surface area contributed by atoms with Crippen LogP contribution in [0.2, 0.25) is 0 Å². The first-order chi connectivity index (χ1) is 8.86. The first-order valence-corrected chi connectivity index (χ1v) is 8.20. The summed E-state index contributed by atoms with van der Waals surface area (Å²) in [4.78, 5) is 0. The molecule has 2 nitrogen and oxygen atoms in total. The zero-order chi connectivity index (χ0) is 13.1. The molecule has 1 heterocycles. The minimum atomic E-state index is 0.775. The van der Waals surface area contributed by atoms with Gasteiger partial charge in [-0.1, -0.05) is 35.7 Å². The Morgan fingerprint density at radius 2 is 1.72 bits per heavy atom. The van der Waals surface area contributed by atoms with Crippen molar-refractivity contribution in [2.24, 2.45) is 0 Å². The third-order valence-corrected chi connectivity index (χ3v) is 3.44. The Bertz CT molecular complexity index is 296. The van der Waals surface area contributed by atoms with E-state index in [1.807, 2.05) is 0 Å². The number of ether oxygens (including phenoxy) is 1. The van der Waals surface area contributed by atoms with Gasteiger partial charge in [-0.3, -0.25) is 0 Å². The Morgan fingerprint density at radius 1 is 1.00 bits per heavy atom. The van der Waals surface area contributed by atoms with Crippen molar-refractivity contribution in [1.29, 1.82) is 0 Å². The Labute approximate surface area is 119 Å². The molecule has 0 spiro atoms. The summed E-state index contributed by atoms with van der Waals surface area (Å²) in [6.07, 6.45) is 8.08. The zero-order valence-electron chi connectivity index (χ0n) is 11.4. The van der Waals surface area contributed by atoms with Gasteiger partial charge in [0.05, 0.1) is 6.61 Å². The lowest BCUT2D eigenvalue weighted by Crippen LogP contribution is -1.99. The number of hydrogen-bond donors (Lipinski definition) is 0. The van der Waals surface area contributed by atoms with E-state index in [-0.39, 0.29) is 0 Å². The van der Waals surface area contributed by atoms with E-state index in [2.05, 4.69) is 35.0 Å². The van der Waals surface area contributed by atoms with E-state index in [1.165, 1.54) is 25.7 Å². The lowest BCUT2D eigenvalue weighted by molar-refractivity contribution is 0.129. The van der Waals surface area contributed by atoms with Crippen molar-refractivity contribution >= 4 is 15.9 Å². The molecule has 18 heavy (non-hydrogen) atoms. The molecule has 0 atom stereocenters. The van der Waals surface area contributed by atoms with Crippen molar-refractivity contribution in [3.63, 3.8) is 0 Å². The van der Waals surface area contributed by atoms with Crippen LogP contribution in [0.4, 0.5) is 0 Å². The van der Waals surface area contributed by atoms with Crippen molar-refractivity contribution in [1.82, 2.24) is 0 Å². The molecule has 0 saturated carbocycles. The summed E-state index contributed by atoms with van der Waals surface area (Å²) in [6, 6.07) is 4.16. The maximum absolute atomic E-state index is 5.70. The van der Waals surface area contributed by atoms with Crippen LogP contribution < -0.4 is 0 Å². The van der Waals surface area contributed by atoms with Crippen LogP contribution >= 0.6 is 15.9 Å². The van der Waals surface area contributed by atoms with E-state index in [0.29, 0.717) is 0 Å². The summed E-state index contributed by atoms with van der Waals surface area (Å²) < 4.78 is 11.3. The van der Waals surface area contributed by atoms with E-state index in [0.717, 1.165) is 49.3 Å². The van der Waals surface area contributed by atoms with Crippen LogP contribution in [-0.2, 0) is 17.6 Å². The smallest absolute Gasteiger partial charge is 0.106 e. The fraction of sp³-hybridized carbons (Fsp3) is 0.733. The third-order valence-electron chi connectivity index (χ3n) is 2.88. The van der Waals surface area contributed by atoms with Gasteiger partial charge in [0.15, 0.2) is 0 Å². The molecule has 1 aromatic rings. The van der Waals surface area contributed by atoms with Gasteiger partial charge in [0.2, 0.25) is 0 Å². The summed E-state index contributed by atoms with van der Waals surface area (Å²) in [5.74, 6) is 2.15. The van der Waals surface area contributed by atoms with Crippen LogP contribution in [-0.4, -0.2) is 18.5 Å². The van der Waals surface area contributed by atoms with Gasteiger partial charge in [-0.15, -0.1) is 0 Å². The predicted octanol–water partition coefficient (Wildman–Crippen LogP) is 4.75. The van der Waals surface area contributed by atoms with Gasteiger partial charge in [0, 0.05) is 24.8 Å². The molecule has 0 bridgehead atoms. The average molecular weight is 317 g/mol. The van der Waals surface area contributed by atoms with E-state index in [1.54, 1.807) is 0 Å². The lowest BCUT2D eigenvalue weighted by atomic mass is 10.2. The van der Waals surface area contributed by atoms with E-state index >= 15 is 0 Å². The van der Waals surface area contributed by atoms with Crippen LogP contribution in [0, 0.1) is 0 Å². The monoisotopic (exact) mass is 316 g/mol. The Hall–Kier alpha value is -0.280. The minimum Gasteiger partial charge on any atom is -0.466 e. The van der Waals surface area contributed by atoms with Gasteiger partial charge in [-0.05, 0) is 31.4 Å². The molecule has 0 fully saturated rings. The first kappa shape index (κ1) is 15.8. The normalized spacial score (nSPS) is 11.0. The molecular formula is C15H25BrO2. The first-order valence-electron chi connectivity index (χ1n) is 7.08. The number of furan rings is 1. The molecule has 1 rings (SSSR count). The van der Waals surface area contributed by atoms with Gasteiger partial charge in [0.1, 0.15) is 11.5 Å². The largest absolute Gasteiger partial charge is 0.466 e. The highest BCUT2D eigenvalue weighted by Gasteiger charge is 2.01. The summed E-state index contributed by atoms with van der Waals surface area (Å²) in [5, 5.41) is 1.12. The molecule has 0 aliphatic carbocycles. The lowest BCUT2D eigenvalue weighted by Gasteiger charge is -2.02. The minimum absolute atomic E-state index is 0.775. The maximum Gasteiger partial charge on any atom is 0.106 e. The van der Waals surface area contributed by atoms with Crippen molar-refractivity contribution in [3.8, 4) is 0 Å². The third kappa shape index (κ3) is 7.22. The van der Waals surface area contributed by atoms with Gasteiger partial charge in [0.25, 0.3) is 0 Å². The quantitative estimate of drug-likeness (QED) is 0.434. The van der Waals surface area contributed by atoms with Crippen LogP contribution in [0.25, 0.3) is 0 Å². The van der Waals surface area contributed by atoms with Gasteiger partial charge < -0.3 is 9.15 Å². The molecule has 0 aliphatic rings. The summed E-state index contributed by atoms with van der Waals surface area (Å²) in [6.45, 7) is 3.82. The average Bonchev–Trinajstić information content (AvgIpc) is 2.81. The second-order valence-electron chi connectivity index (χ2n) is 4.58. The zero-order valence-corrected chi connectivity index (χ0v) is 13.0. The fourth-order valence-corrected chi connectivity index (χ4v) is 2.26. The van der Waals surface area contributed by atoms with E-state index in [4.69, 9.17) is 9.15 Å². The Morgan fingerprint density at radius 3 is 2.44 bits per heavy atom. The number of hydrogen-bond acceptors (Lipinski definition) is 2. The highest BCUT2D eigenvalue weighted by Crippen LogP contribution is 2.10. The fourth-order valence-electron chi connectivity index (χ4n) is 1.86. The van der Waals surface area contributed by atoms with Crippen molar-refractivity contribution in [3.05, 3.63) is 23.7 Å². The summed E-state index contributed by atoms with van der Waals surface area (Å²) in [5.41, 5.74) is 0. The van der Waals surface area contributed by atoms with Crippen molar-refractivity contribution in [2.75, 3.05) is 18.5 Å².